The molecule has 2 N–H and O–H groups in total. The summed E-state index contributed by atoms with van der Waals surface area (Å²) in [5.41, 5.74) is 1.96. The van der Waals surface area contributed by atoms with Gasteiger partial charge in [0.25, 0.3) is 0 Å². The van der Waals surface area contributed by atoms with E-state index in [-0.39, 0.29) is 6.04 Å². The molecule has 0 aliphatic rings. The van der Waals surface area contributed by atoms with Crippen LogP contribution < -0.4 is 10.1 Å². The Balaban J connectivity index is 1.99. The van der Waals surface area contributed by atoms with Gasteiger partial charge in [-0.3, -0.25) is 0 Å². The number of hydrogen-bond donors (Lipinski definition) is 2. The first kappa shape index (κ1) is 14.6. The number of hydrogen-bond acceptors (Lipinski definition) is 4. The van der Waals surface area contributed by atoms with Crippen molar-refractivity contribution in [2.24, 2.45) is 0 Å². The average Bonchev–Trinajstić information content (AvgIpc) is 2.93. The molecule has 2 rings (SSSR count). The zero-order chi connectivity index (χ0) is 14.5. The molecular formula is C15H17NO3S. The summed E-state index contributed by atoms with van der Waals surface area (Å²) in [6.07, 6.45) is 0. The van der Waals surface area contributed by atoms with Crippen LogP contribution in [0.2, 0.25) is 0 Å². The second-order valence-corrected chi connectivity index (χ2v) is 5.37. The van der Waals surface area contributed by atoms with Crippen molar-refractivity contribution in [3.8, 4) is 5.75 Å². The maximum absolute atomic E-state index is 11.0. The monoisotopic (exact) mass is 291 g/mol. The van der Waals surface area contributed by atoms with E-state index in [1.54, 1.807) is 12.5 Å². The summed E-state index contributed by atoms with van der Waals surface area (Å²) in [5, 5.41) is 14.2. The molecule has 0 aliphatic carbocycles. The summed E-state index contributed by atoms with van der Waals surface area (Å²) >= 11 is 1.25. The Morgan fingerprint density at radius 3 is 2.65 bits per heavy atom. The van der Waals surface area contributed by atoms with E-state index < -0.39 is 5.97 Å². The van der Waals surface area contributed by atoms with Crippen LogP contribution in [0.3, 0.4) is 0 Å². The standard InChI is InChI=1S/C15H17NO3S/c1-10(11-3-5-13(19-2)6-4-11)16-9-12-7-8-20-14(12)15(17)18/h3-8,10,16H,9H2,1-2H3,(H,17,18)/t10-/m0/s1. The zero-order valence-electron chi connectivity index (χ0n) is 11.4. The molecule has 106 valence electrons. The van der Waals surface area contributed by atoms with Crippen molar-refractivity contribution >= 4 is 17.3 Å². The van der Waals surface area contributed by atoms with Gasteiger partial charge in [-0.15, -0.1) is 11.3 Å². The fraction of sp³-hybridized carbons (Fsp3) is 0.267. The minimum Gasteiger partial charge on any atom is -0.497 e. The van der Waals surface area contributed by atoms with Crippen LogP contribution in [0, 0.1) is 0 Å². The van der Waals surface area contributed by atoms with Crippen LogP contribution in [0.1, 0.15) is 33.8 Å². The number of carbonyl (C=O) groups is 1. The van der Waals surface area contributed by atoms with E-state index in [9.17, 15) is 4.79 Å². The number of thiophene rings is 1. The molecule has 2 aromatic rings. The van der Waals surface area contributed by atoms with Gasteiger partial charge in [-0.25, -0.2) is 4.79 Å². The van der Waals surface area contributed by atoms with Crippen LogP contribution in [0.5, 0.6) is 5.75 Å². The van der Waals surface area contributed by atoms with E-state index in [0.717, 1.165) is 16.9 Å². The van der Waals surface area contributed by atoms with Gasteiger partial charge in [0.15, 0.2) is 0 Å². The van der Waals surface area contributed by atoms with Crippen LogP contribution in [0.25, 0.3) is 0 Å². The molecule has 0 saturated carbocycles. The topological polar surface area (TPSA) is 58.6 Å². The second-order valence-electron chi connectivity index (χ2n) is 4.46. The number of ether oxygens (including phenoxy) is 1. The van der Waals surface area contributed by atoms with Crippen molar-refractivity contribution in [3.63, 3.8) is 0 Å². The van der Waals surface area contributed by atoms with Gasteiger partial charge in [0, 0.05) is 12.6 Å². The smallest absolute Gasteiger partial charge is 0.346 e. The van der Waals surface area contributed by atoms with Gasteiger partial charge in [0.05, 0.1) is 7.11 Å². The number of methoxy groups -OCH3 is 1. The Morgan fingerprint density at radius 2 is 2.05 bits per heavy atom. The highest BCUT2D eigenvalue weighted by Crippen LogP contribution is 2.20. The van der Waals surface area contributed by atoms with Crippen LogP contribution in [-0.2, 0) is 6.54 Å². The normalized spacial score (nSPS) is 12.1. The van der Waals surface area contributed by atoms with Gasteiger partial charge in [0.2, 0.25) is 0 Å². The minimum absolute atomic E-state index is 0.141. The number of carboxylic acid groups (broad SMARTS) is 1. The fourth-order valence-corrected chi connectivity index (χ4v) is 2.70. The van der Waals surface area contributed by atoms with Crippen LogP contribution in [0.15, 0.2) is 35.7 Å². The van der Waals surface area contributed by atoms with Crippen molar-refractivity contribution < 1.29 is 14.6 Å². The maximum Gasteiger partial charge on any atom is 0.346 e. The third kappa shape index (κ3) is 3.37. The maximum atomic E-state index is 11.0. The van der Waals surface area contributed by atoms with Gasteiger partial charge in [-0.1, -0.05) is 12.1 Å². The van der Waals surface area contributed by atoms with Crippen molar-refractivity contribution in [3.05, 3.63) is 51.7 Å². The van der Waals surface area contributed by atoms with Gasteiger partial charge < -0.3 is 15.2 Å². The molecule has 0 saturated heterocycles. The van der Waals surface area contributed by atoms with Crippen LogP contribution >= 0.6 is 11.3 Å². The lowest BCUT2D eigenvalue weighted by atomic mass is 10.1. The molecule has 0 spiro atoms. The van der Waals surface area contributed by atoms with Gasteiger partial charge >= 0.3 is 5.97 Å². The quantitative estimate of drug-likeness (QED) is 0.857. The number of nitrogens with one attached hydrogen (secondary N) is 1. The number of aromatic carboxylic acids is 1. The molecule has 1 aromatic heterocycles. The molecule has 0 fully saturated rings. The zero-order valence-corrected chi connectivity index (χ0v) is 12.2. The lowest BCUT2D eigenvalue weighted by Crippen LogP contribution is -2.18. The van der Waals surface area contributed by atoms with E-state index in [2.05, 4.69) is 12.2 Å². The highest BCUT2D eigenvalue weighted by atomic mass is 32.1. The predicted octanol–water partition coefficient (Wildman–Crippen LogP) is 3.31. The molecule has 0 amide bonds. The number of benzene rings is 1. The Hall–Kier alpha value is -1.85. The molecule has 20 heavy (non-hydrogen) atoms. The summed E-state index contributed by atoms with van der Waals surface area (Å²) in [7, 11) is 1.64. The molecule has 1 atom stereocenters. The van der Waals surface area contributed by atoms with Crippen molar-refractivity contribution in [2.75, 3.05) is 7.11 Å². The van der Waals surface area contributed by atoms with E-state index in [1.807, 2.05) is 30.3 Å². The van der Waals surface area contributed by atoms with Gasteiger partial charge in [-0.2, -0.15) is 0 Å². The summed E-state index contributed by atoms with van der Waals surface area (Å²) in [6.45, 7) is 2.59. The van der Waals surface area contributed by atoms with Gasteiger partial charge in [-0.05, 0) is 41.6 Å². The molecule has 4 nitrogen and oxygen atoms in total. The number of carboxylic acids is 1. The lowest BCUT2D eigenvalue weighted by molar-refractivity contribution is 0.0701. The molecule has 1 heterocycles. The van der Waals surface area contributed by atoms with Crippen molar-refractivity contribution in [1.29, 1.82) is 0 Å². The van der Waals surface area contributed by atoms with Crippen LogP contribution in [-0.4, -0.2) is 18.2 Å². The minimum atomic E-state index is -0.867. The molecule has 0 radical (unpaired) electrons. The van der Waals surface area contributed by atoms with Crippen molar-refractivity contribution in [2.45, 2.75) is 19.5 Å². The number of rotatable bonds is 6. The predicted molar refractivity (Wildman–Crippen MR) is 79.5 cm³/mol. The highest BCUT2D eigenvalue weighted by molar-refractivity contribution is 7.12. The first-order valence-electron chi connectivity index (χ1n) is 6.29. The largest absolute Gasteiger partial charge is 0.497 e. The Morgan fingerprint density at radius 1 is 1.35 bits per heavy atom. The molecule has 0 bridgehead atoms. The SMILES string of the molecule is COc1ccc([C@H](C)NCc2ccsc2C(=O)O)cc1. The summed E-state index contributed by atoms with van der Waals surface area (Å²) < 4.78 is 5.13. The summed E-state index contributed by atoms with van der Waals surface area (Å²) in [4.78, 5) is 11.4. The van der Waals surface area contributed by atoms with Crippen molar-refractivity contribution in [1.82, 2.24) is 5.32 Å². The Bertz CT molecular complexity index is 577. The molecule has 1 aromatic carbocycles. The molecular weight excluding hydrogens is 274 g/mol. The fourth-order valence-electron chi connectivity index (χ4n) is 1.94. The first-order valence-corrected chi connectivity index (χ1v) is 7.16. The summed E-state index contributed by atoms with van der Waals surface area (Å²) in [5.74, 6) is -0.0409. The van der Waals surface area contributed by atoms with Gasteiger partial charge in [0.1, 0.15) is 10.6 Å². The third-order valence-electron chi connectivity index (χ3n) is 3.16. The Kier molecular flexibility index (Phi) is 4.76. The molecule has 0 unspecified atom stereocenters. The first-order chi connectivity index (χ1) is 9.61. The lowest BCUT2D eigenvalue weighted by Gasteiger charge is -2.14. The van der Waals surface area contributed by atoms with E-state index >= 15 is 0 Å². The summed E-state index contributed by atoms with van der Waals surface area (Å²) in [6, 6.07) is 9.83. The second kappa shape index (κ2) is 6.54. The van der Waals surface area contributed by atoms with E-state index in [1.165, 1.54) is 11.3 Å². The Labute approximate surface area is 122 Å². The third-order valence-corrected chi connectivity index (χ3v) is 4.10. The van der Waals surface area contributed by atoms with Crippen LogP contribution in [0.4, 0.5) is 0 Å². The molecule has 0 aliphatic heterocycles. The highest BCUT2D eigenvalue weighted by Gasteiger charge is 2.12. The average molecular weight is 291 g/mol. The van der Waals surface area contributed by atoms with E-state index in [4.69, 9.17) is 9.84 Å². The van der Waals surface area contributed by atoms with E-state index in [0.29, 0.717) is 11.4 Å². The molecule has 5 heteroatoms.